The van der Waals surface area contributed by atoms with Gasteiger partial charge in [0.1, 0.15) is 11.5 Å². The second kappa shape index (κ2) is 5.96. The molecular formula is C14H22N2O2. The Morgan fingerprint density at radius 2 is 2.28 bits per heavy atom. The first kappa shape index (κ1) is 13.0. The number of hydrogen-bond donors (Lipinski definition) is 2. The standard InChI is InChI=1S/C14H22N2O2/c1-10(11-4-3-7-16-9-11)18-12-5-6-13(15)14(8-12)17-2/h5-6,8,10-11,16H,3-4,7,9,15H2,1-2H3. The van der Waals surface area contributed by atoms with Gasteiger partial charge in [0.05, 0.1) is 18.9 Å². The van der Waals surface area contributed by atoms with Crippen LogP contribution in [0.2, 0.25) is 0 Å². The van der Waals surface area contributed by atoms with E-state index in [0.717, 1.165) is 18.8 Å². The van der Waals surface area contributed by atoms with Crippen LogP contribution in [0.25, 0.3) is 0 Å². The molecule has 4 heteroatoms. The van der Waals surface area contributed by atoms with E-state index >= 15 is 0 Å². The molecule has 18 heavy (non-hydrogen) atoms. The van der Waals surface area contributed by atoms with Gasteiger partial charge in [-0.2, -0.15) is 0 Å². The number of anilines is 1. The number of piperidine rings is 1. The van der Waals surface area contributed by atoms with Crippen molar-refractivity contribution in [2.45, 2.75) is 25.9 Å². The van der Waals surface area contributed by atoms with E-state index < -0.39 is 0 Å². The Bertz CT molecular complexity index is 389. The Hall–Kier alpha value is -1.42. The molecule has 1 aromatic rings. The highest BCUT2D eigenvalue weighted by Crippen LogP contribution is 2.28. The number of nitrogens with two attached hydrogens (primary N) is 1. The lowest BCUT2D eigenvalue weighted by Crippen LogP contribution is -2.37. The zero-order chi connectivity index (χ0) is 13.0. The monoisotopic (exact) mass is 250 g/mol. The molecule has 0 amide bonds. The summed E-state index contributed by atoms with van der Waals surface area (Å²) < 4.78 is 11.2. The van der Waals surface area contributed by atoms with Gasteiger partial charge in [0, 0.05) is 18.5 Å². The normalized spacial score (nSPS) is 21.3. The molecule has 3 N–H and O–H groups in total. The van der Waals surface area contributed by atoms with Crippen molar-refractivity contribution in [2.24, 2.45) is 5.92 Å². The molecule has 1 aliphatic heterocycles. The van der Waals surface area contributed by atoms with E-state index in [1.807, 2.05) is 18.2 Å². The highest BCUT2D eigenvalue weighted by molar-refractivity contribution is 5.55. The van der Waals surface area contributed by atoms with Crippen molar-refractivity contribution in [3.8, 4) is 11.5 Å². The molecule has 1 aliphatic rings. The van der Waals surface area contributed by atoms with Gasteiger partial charge >= 0.3 is 0 Å². The summed E-state index contributed by atoms with van der Waals surface area (Å²) in [7, 11) is 1.62. The fourth-order valence-corrected chi connectivity index (χ4v) is 2.36. The second-order valence-electron chi connectivity index (χ2n) is 4.83. The first-order valence-corrected chi connectivity index (χ1v) is 6.51. The minimum absolute atomic E-state index is 0.200. The maximum atomic E-state index is 5.98. The summed E-state index contributed by atoms with van der Waals surface area (Å²) in [5.74, 6) is 2.06. The van der Waals surface area contributed by atoms with Crippen LogP contribution in [0, 0.1) is 5.92 Å². The van der Waals surface area contributed by atoms with Crippen molar-refractivity contribution in [1.29, 1.82) is 0 Å². The zero-order valence-electron chi connectivity index (χ0n) is 11.1. The molecule has 2 unspecified atom stereocenters. The lowest BCUT2D eigenvalue weighted by atomic mass is 9.94. The van der Waals surface area contributed by atoms with Gasteiger partial charge in [-0.15, -0.1) is 0 Å². The Morgan fingerprint density at radius 3 is 2.94 bits per heavy atom. The molecule has 1 aromatic carbocycles. The first-order valence-electron chi connectivity index (χ1n) is 6.51. The largest absolute Gasteiger partial charge is 0.494 e. The summed E-state index contributed by atoms with van der Waals surface area (Å²) in [6.07, 6.45) is 2.65. The van der Waals surface area contributed by atoms with Crippen LogP contribution in [0.5, 0.6) is 11.5 Å². The van der Waals surface area contributed by atoms with E-state index in [0.29, 0.717) is 17.4 Å². The maximum absolute atomic E-state index is 5.98. The number of nitrogens with one attached hydrogen (secondary N) is 1. The van der Waals surface area contributed by atoms with Crippen molar-refractivity contribution in [1.82, 2.24) is 5.32 Å². The molecule has 0 saturated carbocycles. The minimum Gasteiger partial charge on any atom is -0.494 e. The lowest BCUT2D eigenvalue weighted by molar-refractivity contribution is 0.131. The van der Waals surface area contributed by atoms with E-state index in [9.17, 15) is 0 Å². The van der Waals surface area contributed by atoms with Gasteiger partial charge in [0.25, 0.3) is 0 Å². The van der Waals surface area contributed by atoms with Crippen LogP contribution in [-0.2, 0) is 0 Å². The SMILES string of the molecule is COc1cc(OC(C)C2CCCNC2)ccc1N. The second-order valence-corrected chi connectivity index (χ2v) is 4.83. The molecule has 0 spiro atoms. The number of rotatable bonds is 4. The number of nitrogen functional groups attached to an aromatic ring is 1. The number of hydrogen-bond acceptors (Lipinski definition) is 4. The molecule has 4 nitrogen and oxygen atoms in total. The van der Waals surface area contributed by atoms with Gasteiger partial charge in [0.2, 0.25) is 0 Å². The average molecular weight is 250 g/mol. The molecule has 0 aliphatic carbocycles. The zero-order valence-corrected chi connectivity index (χ0v) is 11.1. The van der Waals surface area contributed by atoms with E-state index in [1.165, 1.54) is 12.8 Å². The summed E-state index contributed by atoms with van der Waals surface area (Å²) in [5.41, 5.74) is 6.42. The predicted octanol–water partition coefficient (Wildman–Crippen LogP) is 2.04. The molecular weight excluding hydrogens is 228 g/mol. The van der Waals surface area contributed by atoms with Crippen LogP contribution >= 0.6 is 0 Å². The molecule has 0 aromatic heterocycles. The lowest BCUT2D eigenvalue weighted by Gasteiger charge is -2.28. The molecule has 100 valence electrons. The van der Waals surface area contributed by atoms with Crippen LogP contribution in [0.4, 0.5) is 5.69 Å². The van der Waals surface area contributed by atoms with Crippen molar-refractivity contribution < 1.29 is 9.47 Å². The highest BCUT2D eigenvalue weighted by atomic mass is 16.5. The highest BCUT2D eigenvalue weighted by Gasteiger charge is 2.21. The first-order chi connectivity index (χ1) is 8.70. The van der Waals surface area contributed by atoms with Crippen molar-refractivity contribution >= 4 is 5.69 Å². The third kappa shape index (κ3) is 3.07. The van der Waals surface area contributed by atoms with Gasteiger partial charge in [-0.1, -0.05) is 0 Å². The van der Waals surface area contributed by atoms with Crippen LogP contribution in [-0.4, -0.2) is 26.3 Å². The van der Waals surface area contributed by atoms with Crippen molar-refractivity contribution in [3.05, 3.63) is 18.2 Å². The molecule has 2 atom stereocenters. The Morgan fingerprint density at radius 1 is 1.44 bits per heavy atom. The van der Waals surface area contributed by atoms with Gasteiger partial charge in [0.15, 0.2) is 0 Å². The number of benzene rings is 1. The minimum atomic E-state index is 0.200. The molecule has 1 fully saturated rings. The van der Waals surface area contributed by atoms with Crippen LogP contribution in [0.3, 0.4) is 0 Å². The summed E-state index contributed by atoms with van der Waals surface area (Å²) in [4.78, 5) is 0. The van der Waals surface area contributed by atoms with Gasteiger partial charge in [-0.25, -0.2) is 0 Å². The van der Waals surface area contributed by atoms with E-state index in [2.05, 4.69) is 12.2 Å². The third-order valence-electron chi connectivity index (χ3n) is 3.53. The summed E-state index contributed by atoms with van der Waals surface area (Å²) in [6.45, 7) is 4.28. The predicted molar refractivity (Wildman–Crippen MR) is 73.1 cm³/mol. The fraction of sp³-hybridized carbons (Fsp3) is 0.571. The quantitative estimate of drug-likeness (QED) is 0.803. The molecule has 0 bridgehead atoms. The maximum Gasteiger partial charge on any atom is 0.145 e. The summed E-state index contributed by atoms with van der Waals surface area (Å²) in [6, 6.07) is 5.56. The summed E-state index contributed by atoms with van der Waals surface area (Å²) in [5, 5.41) is 3.41. The van der Waals surface area contributed by atoms with Crippen LogP contribution in [0.1, 0.15) is 19.8 Å². The van der Waals surface area contributed by atoms with E-state index in [1.54, 1.807) is 7.11 Å². The fourth-order valence-electron chi connectivity index (χ4n) is 2.36. The average Bonchev–Trinajstić information content (AvgIpc) is 2.42. The van der Waals surface area contributed by atoms with Gasteiger partial charge < -0.3 is 20.5 Å². The van der Waals surface area contributed by atoms with Crippen molar-refractivity contribution in [2.75, 3.05) is 25.9 Å². The van der Waals surface area contributed by atoms with Crippen molar-refractivity contribution in [3.63, 3.8) is 0 Å². The van der Waals surface area contributed by atoms with Gasteiger partial charge in [-0.3, -0.25) is 0 Å². The Kier molecular flexibility index (Phi) is 4.31. The molecule has 1 saturated heterocycles. The third-order valence-corrected chi connectivity index (χ3v) is 3.53. The molecule has 1 heterocycles. The number of ether oxygens (including phenoxy) is 2. The van der Waals surface area contributed by atoms with Crippen LogP contribution < -0.4 is 20.5 Å². The van der Waals surface area contributed by atoms with E-state index in [4.69, 9.17) is 15.2 Å². The molecule has 0 radical (unpaired) electrons. The topological polar surface area (TPSA) is 56.5 Å². The number of methoxy groups -OCH3 is 1. The van der Waals surface area contributed by atoms with Gasteiger partial charge in [-0.05, 0) is 38.4 Å². The van der Waals surface area contributed by atoms with Crippen LogP contribution in [0.15, 0.2) is 18.2 Å². The smallest absolute Gasteiger partial charge is 0.145 e. The Balaban J connectivity index is 1.99. The van der Waals surface area contributed by atoms with E-state index in [-0.39, 0.29) is 6.10 Å². The molecule has 2 rings (SSSR count). The Labute approximate surface area is 108 Å². The summed E-state index contributed by atoms with van der Waals surface area (Å²) >= 11 is 0.